The van der Waals surface area contributed by atoms with E-state index in [1.807, 2.05) is 31.5 Å². The van der Waals surface area contributed by atoms with Crippen LogP contribution in [0.2, 0.25) is 0 Å². The van der Waals surface area contributed by atoms with Crippen LogP contribution < -0.4 is 0 Å². The van der Waals surface area contributed by atoms with E-state index in [2.05, 4.69) is 44.8 Å². The first-order valence-electron chi connectivity index (χ1n) is 5.97. The highest BCUT2D eigenvalue weighted by molar-refractivity contribution is 9.10. The Bertz CT molecular complexity index is 587. The van der Waals surface area contributed by atoms with Gasteiger partial charge in [0.15, 0.2) is 5.82 Å². The molecule has 2 rings (SSSR count). The highest BCUT2D eigenvalue weighted by Crippen LogP contribution is 2.23. The molecule has 2 aromatic heterocycles. The number of aromatic nitrogens is 4. The van der Waals surface area contributed by atoms with Crippen LogP contribution in [0, 0.1) is 20.8 Å². The zero-order chi connectivity index (χ0) is 13.4. The van der Waals surface area contributed by atoms with Gasteiger partial charge in [-0.2, -0.15) is 5.10 Å². The summed E-state index contributed by atoms with van der Waals surface area (Å²) in [5.74, 6) is 2.00. The van der Waals surface area contributed by atoms with E-state index in [4.69, 9.17) is 0 Å². The van der Waals surface area contributed by atoms with Crippen molar-refractivity contribution in [3.63, 3.8) is 0 Å². The first-order chi connectivity index (χ1) is 8.40. The van der Waals surface area contributed by atoms with Crippen LogP contribution in [0.15, 0.2) is 10.5 Å². The van der Waals surface area contributed by atoms with Gasteiger partial charge >= 0.3 is 0 Å². The Kier molecular flexibility index (Phi) is 3.52. The second kappa shape index (κ2) is 4.80. The molecule has 5 heteroatoms. The van der Waals surface area contributed by atoms with Crippen molar-refractivity contribution >= 4 is 15.9 Å². The molecule has 2 heterocycles. The third-order valence-electron chi connectivity index (χ3n) is 2.79. The highest BCUT2D eigenvalue weighted by Gasteiger charge is 2.13. The second-order valence-electron chi connectivity index (χ2n) is 4.78. The van der Waals surface area contributed by atoms with Gasteiger partial charge in [-0.3, -0.25) is 0 Å². The summed E-state index contributed by atoms with van der Waals surface area (Å²) in [6, 6.07) is 1.96. The lowest BCUT2D eigenvalue weighted by molar-refractivity contribution is 0.728. The van der Waals surface area contributed by atoms with Crippen molar-refractivity contribution in [1.82, 2.24) is 19.7 Å². The predicted molar refractivity (Wildman–Crippen MR) is 75.2 cm³/mol. The number of nitrogens with zero attached hydrogens (tertiary/aromatic N) is 4. The average Bonchev–Trinajstić information content (AvgIpc) is 2.56. The van der Waals surface area contributed by atoms with E-state index < -0.39 is 0 Å². The van der Waals surface area contributed by atoms with Crippen molar-refractivity contribution in [2.75, 3.05) is 0 Å². The molecule has 96 valence electrons. The average molecular weight is 309 g/mol. The van der Waals surface area contributed by atoms with Crippen molar-refractivity contribution in [3.8, 4) is 5.82 Å². The third-order valence-corrected chi connectivity index (χ3v) is 3.94. The lowest BCUT2D eigenvalue weighted by atomic mass is 10.2. The van der Waals surface area contributed by atoms with Gasteiger partial charge in [0.25, 0.3) is 0 Å². The summed E-state index contributed by atoms with van der Waals surface area (Å²) < 4.78 is 2.89. The van der Waals surface area contributed by atoms with Crippen LogP contribution in [0.5, 0.6) is 0 Å². The van der Waals surface area contributed by atoms with Gasteiger partial charge in [-0.15, -0.1) is 0 Å². The molecule has 0 aromatic carbocycles. The minimum Gasteiger partial charge on any atom is -0.238 e. The quantitative estimate of drug-likeness (QED) is 0.853. The van der Waals surface area contributed by atoms with E-state index in [1.165, 1.54) is 0 Å². The SMILES string of the molecule is Cc1cc(-n2nc(C)c(Br)c2C)nc(C(C)C)n1. The highest BCUT2D eigenvalue weighted by atomic mass is 79.9. The van der Waals surface area contributed by atoms with Gasteiger partial charge in [-0.05, 0) is 36.7 Å². The maximum atomic E-state index is 4.59. The molecule has 0 bridgehead atoms. The lowest BCUT2D eigenvalue weighted by Crippen LogP contribution is -2.08. The molecule has 0 saturated carbocycles. The molecule has 0 aliphatic heterocycles. The van der Waals surface area contributed by atoms with Gasteiger partial charge in [-0.25, -0.2) is 14.6 Å². The second-order valence-corrected chi connectivity index (χ2v) is 5.57. The van der Waals surface area contributed by atoms with Crippen molar-refractivity contribution < 1.29 is 0 Å². The topological polar surface area (TPSA) is 43.6 Å². The molecule has 0 unspecified atom stereocenters. The Morgan fingerprint density at radius 2 is 1.83 bits per heavy atom. The molecule has 0 spiro atoms. The van der Waals surface area contributed by atoms with Crippen molar-refractivity contribution in [1.29, 1.82) is 0 Å². The molecule has 2 aromatic rings. The summed E-state index contributed by atoms with van der Waals surface area (Å²) >= 11 is 3.54. The lowest BCUT2D eigenvalue weighted by Gasteiger charge is -2.09. The molecule has 0 aliphatic carbocycles. The van der Waals surface area contributed by atoms with E-state index in [-0.39, 0.29) is 0 Å². The Labute approximate surface area is 116 Å². The molecule has 4 nitrogen and oxygen atoms in total. The summed E-state index contributed by atoms with van der Waals surface area (Å²) in [6.07, 6.45) is 0. The summed E-state index contributed by atoms with van der Waals surface area (Å²) in [5, 5.41) is 4.50. The molecule has 0 amide bonds. The van der Waals surface area contributed by atoms with Gasteiger partial charge in [0, 0.05) is 17.7 Å². The van der Waals surface area contributed by atoms with Gasteiger partial charge in [0.05, 0.1) is 15.9 Å². The van der Waals surface area contributed by atoms with E-state index in [9.17, 15) is 0 Å². The maximum absolute atomic E-state index is 4.59. The molecular weight excluding hydrogens is 292 g/mol. The largest absolute Gasteiger partial charge is 0.238 e. The number of hydrogen-bond donors (Lipinski definition) is 0. The standard InChI is InChI=1S/C13H17BrN4/c1-7(2)13-15-8(3)6-11(16-13)18-10(5)12(14)9(4)17-18/h6-7H,1-5H3. The normalized spacial score (nSPS) is 11.3. The zero-order valence-corrected chi connectivity index (χ0v) is 12.9. The van der Waals surface area contributed by atoms with Crippen LogP contribution in [-0.2, 0) is 0 Å². The number of aryl methyl sites for hydroxylation is 2. The Balaban J connectivity index is 2.60. The molecule has 0 aliphatic rings. The van der Waals surface area contributed by atoms with E-state index in [1.54, 1.807) is 0 Å². The Hall–Kier alpha value is -1.23. The van der Waals surface area contributed by atoms with Crippen molar-refractivity contribution in [2.24, 2.45) is 0 Å². The molecular formula is C13H17BrN4. The molecule has 0 fully saturated rings. The van der Waals surface area contributed by atoms with Crippen LogP contribution in [0.4, 0.5) is 0 Å². The minimum atomic E-state index is 0.309. The van der Waals surface area contributed by atoms with Crippen LogP contribution in [0.25, 0.3) is 5.82 Å². The Morgan fingerprint density at radius 1 is 1.17 bits per heavy atom. The fourth-order valence-electron chi connectivity index (χ4n) is 1.79. The van der Waals surface area contributed by atoms with Crippen LogP contribution in [-0.4, -0.2) is 19.7 Å². The van der Waals surface area contributed by atoms with Crippen LogP contribution >= 0.6 is 15.9 Å². The fraction of sp³-hybridized carbons (Fsp3) is 0.462. The molecule has 0 atom stereocenters. The van der Waals surface area contributed by atoms with Gasteiger partial charge in [-0.1, -0.05) is 13.8 Å². The van der Waals surface area contributed by atoms with Crippen molar-refractivity contribution in [2.45, 2.75) is 40.5 Å². The van der Waals surface area contributed by atoms with Crippen LogP contribution in [0.1, 0.15) is 42.7 Å². The predicted octanol–water partition coefficient (Wildman–Crippen LogP) is 3.47. The van der Waals surface area contributed by atoms with E-state index >= 15 is 0 Å². The molecule has 0 N–H and O–H groups in total. The molecule has 18 heavy (non-hydrogen) atoms. The van der Waals surface area contributed by atoms with E-state index in [0.717, 1.165) is 33.2 Å². The zero-order valence-electron chi connectivity index (χ0n) is 11.3. The minimum absolute atomic E-state index is 0.309. The van der Waals surface area contributed by atoms with Gasteiger partial charge < -0.3 is 0 Å². The smallest absolute Gasteiger partial charge is 0.157 e. The summed E-state index contributed by atoms with van der Waals surface area (Å²) in [6.45, 7) is 10.2. The summed E-state index contributed by atoms with van der Waals surface area (Å²) in [7, 11) is 0. The number of rotatable bonds is 2. The van der Waals surface area contributed by atoms with Crippen LogP contribution in [0.3, 0.4) is 0 Å². The first-order valence-corrected chi connectivity index (χ1v) is 6.77. The Morgan fingerprint density at radius 3 is 2.33 bits per heavy atom. The van der Waals surface area contributed by atoms with Gasteiger partial charge in [0.1, 0.15) is 5.82 Å². The number of hydrogen-bond acceptors (Lipinski definition) is 3. The molecule has 0 radical (unpaired) electrons. The molecule has 0 saturated heterocycles. The van der Waals surface area contributed by atoms with E-state index in [0.29, 0.717) is 5.92 Å². The summed E-state index contributed by atoms with van der Waals surface area (Å²) in [5.41, 5.74) is 2.99. The fourth-order valence-corrected chi connectivity index (χ4v) is 2.04. The first kappa shape index (κ1) is 13.2. The monoisotopic (exact) mass is 308 g/mol. The van der Waals surface area contributed by atoms with Crippen molar-refractivity contribution in [3.05, 3.63) is 33.4 Å². The third kappa shape index (κ3) is 2.32. The van der Waals surface area contributed by atoms with Gasteiger partial charge in [0.2, 0.25) is 0 Å². The summed E-state index contributed by atoms with van der Waals surface area (Å²) in [4.78, 5) is 9.04. The maximum Gasteiger partial charge on any atom is 0.157 e. The number of halogens is 1.